The van der Waals surface area contributed by atoms with Crippen LogP contribution in [-0.2, 0) is 16.6 Å². The zero-order valence-electron chi connectivity index (χ0n) is 17.3. The molecule has 1 amide bonds. The molecule has 3 nitrogen and oxygen atoms in total. The molecular formula is C24H35NO2. The molecule has 2 aliphatic carbocycles. The first kappa shape index (κ1) is 18.8. The highest BCUT2D eigenvalue weighted by Gasteiger charge is 2.55. The van der Waals surface area contributed by atoms with Crippen LogP contribution in [0.5, 0.6) is 0 Å². The molecule has 0 bridgehead atoms. The molecule has 3 atom stereocenters. The summed E-state index contributed by atoms with van der Waals surface area (Å²) in [6, 6.07) is 9.15. The van der Waals surface area contributed by atoms with E-state index in [2.05, 4.69) is 24.3 Å². The minimum Gasteiger partial charge on any atom is -0.444 e. The van der Waals surface area contributed by atoms with Crippen molar-refractivity contribution in [3.05, 3.63) is 35.4 Å². The quantitative estimate of drug-likeness (QED) is 0.683. The highest BCUT2D eigenvalue weighted by Crippen LogP contribution is 2.62. The van der Waals surface area contributed by atoms with E-state index in [4.69, 9.17) is 4.74 Å². The minimum atomic E-state index is -0.404. The molecule has 1 spiro atoms. The molecule has 1 saturated heterocycles. The van der Waals surface area contributed by atoms with Gasteiger partial charge >= 0.3 is 6.09 Å². The van der Waals surface area contributed by atoms with E-state index in [0.29, 0.717) is 11.3 Å². The maximum Gasteiger partial charge on any atom is 0.410 e. The second kappa shape index (κ2) is 7.14. The number of aryl methyl sites for hydroxylation is 1. The number of carbonyl (C=O) groups is 1. The van der Waals surface area contributed by atoms with Gasteiger partial charge in [-0.05, 0) is 101 Å². The Bertz CT molecular complexity index is 692. The van der Waals surface area contributed by atoms with Gasteiger partial charge in [0.15, 0.2) is 0 Å². The summed E-state index contributed by atoms with van der Waals surface area (Å²) in [6.45, 7) is 7.57. The van der Waals surface area contributed by atoms with Crippen LogP contribution in [0.3, 0.4) is 0 Å². The number of rotatable bonds is 3. The number of hydrogen-bond donors (Lipinski definition) is 0. The first-order valence-electron chi connectivity index (χ1n) is 10.9. The third kappa shape index (κ3) is 4.02. The van der Waals surface area contributed by atoms with Crippen LogP contribution in [0.1, 0.15) is 76.8 Å². The standard InChI is InChI=1S/C24H35NO2/c1-23(2,3)27-22(26)25-15-7-8-18(17-25)12-13-20-16-24(20)14-6-10-19-9-4-5-11-21(19)24/h4-5,9,11,18,20H,6-8,10,12-17H2,1-3H3. The van der Waals surface area contributed by atoms with Gasteiger partial charge in [-0.15, -0.1) is 0 Å². The molecule has 27 heavy (non-hydrogen) atoms. The van der Waals surface area contributed by atoms with E-state index >= 15 is 0 Å². The fourth-order valence-electron chi connectivity index (χ4n) is 5.58. The highest BCUT2D eigenvalue weighted by molar-refractivity contribution is 5.68. The molecule has 148 valence electrons. The monoisotopic (exact) mass is 369 g/mol. The van der Waals surface area contributed by atoms with Crippen molar-refractivity contribution in [1.29, 1.82) is 0 Å². The van der Waals surface area contributed by atoms with E-state index in [1.165, 1.54) is 44.9 Å². The summed E-state index contributed by atoms with van der Waals surface area (Å²) in [5, 5.41) is 0. The molecule has 1 heterocycles. The lowest BCUT2D eigenvalue weighted by Gasteiger charge is -2.34. The summed E-state index contributed by atoms with van der Waals surface area (Å²) in [5.41, 5.74) is 3.34. The van der Waals surface area contributed by atoms with Crippen LogP contribution in [0.15, 0.2) is 24.3 Å². The largest absolute Gasteiger partial charge is 0.444 e. The molecule has 3 unspecified atom stereocenters. The van der Waals surface area contributed by atoms with Gasteiger partial charge in [0.25, 0.3) is 0 Å². The molecule has 3 heteroatoms. The Morgan fingerprint density at radius 3 is 2.85 bits per heavy atom. The molecule has 2 fully saturated rings. The molecule has 0 N–H and O–H groups in total. The van der Waals surface area contributed by atoms with E-state index in [9.17, 15) is 4.79 Å². The molecule has 1 saturated carbocycles. The molecule has 0 aromatic heterocycles. The van der Waals surface area contributed by atoms with Crippen molar-refractivity contribution in [2.75, 3.05) is 13.1 Å². The maximum atomic E-state index is 12.4. The molecule has 0 radical (unpaired) electrons. The lowest BCUT2D eigenvalue weighted by molar-refractivity contribution is 0.0160. The van der Waals surface area contributed by atoms with Crippen LogP contribution in [-0.4, -0.2) is 29.7 Å². The summed E-state index contributed by atoms with van der Waals surface area (Å²) in [5.74, 6) is 1.50. The fraction of sp³-hybridized carbons (Fsp3) is 0.708. The third-order valence-corrected chi connectivity index (χ3v) is 6.95. The van der Waals surface area contributed by atoms with E-state index < -0.39 is 5.60 Å². The van der Waals surface area contributed by atoms with E-state index in [0.717, 1.165) is 25.4 Å². The predicted molar refractivity (Wildman–Crippen MR) is 109 cm³/mol. The predicted octanol–water partition coefficient (Wildman–Crippen LogP) is 5.71. The second-order valence-corrected chi connectivity index (χ2v) is 10.1. The van der Waals surface area contributed by atoms with Gasteiger partial charge in [0.05, 0.1) is 0 Å². The van der Waals surface area contributed by atoms with Gasteiger partial charge in [0.1, 0.15) is 5.60 Å². The van der Waals surface area contributed by atoms with Crippen LogP contribution in [0, 0.1) is 11.8 Å². The van der Waals surface area contributed by atoms with Crippen LogP contribution >= 0.6 is 0 Å². The lowest BCUT2D eigenvalue weighted by Crippen LogP contribution is -2.42. The van der Waals surface area contributed by atoms with Crippen molar-refractivity contribution in [3.8, 4) is 0 Å². The van der Waals surface area contributed by atoms with Crippen molar-refractivity contribution in [2.45, 2.75) is 83.2 Å². The lowest BCUT2D eigenvalue weighted by atomic mass is 9.78. The van der Waals surface area contributed by atoms with Gasteiger partial charge in [-0.25, -0.2) is 4.79 Å². The number of amides is 1. The van der Waals surface area contributed by atoms with Crippen molar-refractivity contribution >= 4 is 6.09 Å². The number of benzene rings is 1. The fourth-order valence-corrected chi connectivity index (χ4v) is 5.58. The molecule has 3 aliphatic rings. The maximum absolute atomic E-state index is 12.4. The summed E-state index contributed by atoms with van der Waals surface area (Å²) >= 11 is 0. The van der Waals surface area contributed by atoms with Gasteiger partial charge < -0.3 is 9.64 Å². The average Bonchev–Trinajstić information content (AvgIpc) is 3.32. The number of hydrogen-bond acceptors (Lipinski definition) is 2. The smallest absolute Gasteiger partial charge is 0.410 e. The molecule has 1 aliphatic heterocycles. The number of nitrogens with zero attached hydrogens (tertiary/aromatic N) is 1. The number of ether oxygens (including phenoxy) is 1. The summed E-state index contributed by atoms with van der Waals surface area (Å²) in [6.07, 6.45) is 10.2. The van der Waals surface area contributed by atoms with Crippen molar-refractivity contribution in [1.82, 2.24) is 4.90 Å². The summed E-state index contributed by atoms with van der Waals surface area (Å²) in [7, 11) is 0. The first-order chi connectivity index (χ1) is 12.9. The first-order valence-corrected chi connectivity index (χ1v) is 10.9. The van der Waals surface area contributed by atoms with Crippen molar-refractivity contribution < 1.29 is 9.53 Å². The second-order valence-electron chi connectivity index (χ2n) is 10.1. The van der Waals surface area contributed by atoms with Gasteiger partial charge in [-0.3, -0.25) is 0 Å². The van der Waals surface area contributed by atoms with Crippen LogP contribution in [0.4, 0.5) is 4.79 Å². The Morgan fingerprint density at radius 1 is 1.22 bits per heavy atom. The van der Waals surface area contributed by atoms with Gasteiger partial charge in [0.2, 0.25) is 0 Å². The van der Waals surface area contributed by atoms with Crippen molar-refractivity contribution in [2.24, 2.45) is 11.8 Å². The van der Waals surface area contributed by atoms with Gasteiger partial charge in [0, 0.05) is 13.1 Å². The highest BCUT2D eigenvalue weighted by atomic mass is 16.6. The molecule has 4 rings (SSSR count). The Kier molecular flexibility index (Phi) is 4.98. The zero-order chi connectivity index (χ0) is 19.1. The minimum absolute atomic E-state index is 0.128. The summed E-state index contributed by atoms with van der Waals surface area (Å²) in [4.78, 5) is 14.3. The Balaban J connectivity index is 1.31. The number of likely N-dealkylation sites (tertiary alicyclic amines) is 1. The zero-order valence-corrected chi connectivity index (χ0v) is 17.3. The van der Waals surface area contributed by atoms with Crippen molar-refractivity contribution in [3.63, 3.8) is 0 Å². The Hall–Kier alpha value is -1.51. The van der Waals surface area contributed by atoms with E-state index in [1.807, 2.05) is 25.7 Å². The normalized spacial score (nSPS) is 30.1. The Morgan fingerprint density at radius 2 is 2.04 bits per heavy atom. The SMILES string of the molecule is CC(C)(C)OC(=O)N1CCCC(CCC2CC23CCCc2ccccc23)C1. The molecule has 1 aromatic carbocycles. The topological polar surface area (TPSA) is 29.5 Å². The number of fused-ring (bicyclic) bond motifs is 2. The summed E-state index contributed by atoms with van der Waals surface area (Å²) < 4.78 is 5.58. The number of piperidine rings is 1. The third-order valence-electron chi connectivity index (χ3n) is 6.95. The van der Waals surface area contributed by atoms with E-state index in [1.54, 1.807) is 11.1 Å². The Labute approximate surface area is 164 Å². The molecular weight excluding hydrogens is 334 g/mol. The number of carbonyl (C=O) groups excluding carboxylic acids is 1. The van der Waals surface area contributed by atoms with Crippen LogP contribution in [0.2, 0.25) is 0 Å². The average molecular weight is 370 g/mol. The van der Waals surface area contributed by atoms with Crippen LogP contribution in [0.25, 0.3) is 0 Å². The van der Waals surface area contributed by atoms with Gasteiger partial charge in [-0.2, -0.15) is 0 Å². The molecule has 1 aromatic rings. The van der Waals surface area contributed by atoms with Crippen LogP contribution < -0.4 is 0 Å². The van der Waals surface area contributed by atoms with Gasteiger partial charge in [-0.1, -0.05) is 24.3 Å². The van der Waals surface area contributed by atoms with E-state index in [-0.39, 0.29) is 6.09 Å².